The van der Waals surface area contributed by atoms with Crippen molar-refractivity contribution >= 4 is 38.2 Å². The lowest BCUT2D eigenvalue weighted by molar-refractivity contribution is 0.601. The number of aromatic amines is 1. The Morgan fingerprint density at radius 1 is 1.14 bits per heavy atom. The zero-order valence-electron chi connectivity index (χ0n) is 11.2. The van der Waals surface area contributed by atoms with Crippen molar-refractivity contribution in [3.63, 3.8) is 0 Å². The predicted octanol–water partition coefficient (Wildman–Crippen LogP) is 3.93. The monoisotopic (exact) mass is 320 g/mol. The van der Waals surface area contributed by atoms with Gasteiger partial charge in [-0.25, -0.2) is 8.42 Å². The molecule has 108 valence electrons. The van der Waals surface area contributed by atoms with Crippen LogP contribution >= 0.6 is 11.6 Å². The van der Waals surface area contributed by atoms with Gasteiger partial charge < -0.3 is 4.98 Å². The van der Waals surface area contributed by atoms with Crippen LogP contribution in [0.2, 0.25) is 5.02 Å². The second-order valence-electron chi connectivity index (χ2n) is 4.76. The molecule has 0 saturated heterocycles. The van der Waals surface area contributed by atoms with Crippen LogP contribution in [0.1, 0.15) is 5.56 Å². The molecule has 0 radical (unpaired) electrons. The maximum atomic E-state index is 12.4. The Labute approximate surface area is 127 Å². The van der Waals surface area contributed by atoms with Gasteiger partial charge in [-0.2, -0.15) is 0 Å². The average molecular weight is 321 g/mol. The maximum absolute atomic E-state index is 12.4. The quantitative estimate of drug-likeness (QED) is 0.768. The normalized spacial score (nSPS) is 11.7. The first-order chi connectivity index (χ1) is 9.97. The van der Waals surface area contributed by atoms with Crippen molar-refractivity contribution < 1.29 is 8.42 Å². The van der Waals surface area contributed by atoms with E-state index in [-0.39, 0.29) is 4.90 Å². The summed E-state index contributed by atoms with van der Waals surface area (Å²) in [6.45, 7) is 1.97. The molecule has 0 saturated carbocycles. The van der Waals surface area contributed by atoms with E-state index in [2.05, 4.69) is 9.71 Å². The highest BCUT2D eigenvalue weighted by Crippen LogP contribution is 2.27. The smallest absolute Gasteiger partial charge is 0.262 e. The summed E-state index contributed by atoms with van der Waals surface area (Å²) in [4.78, 5) is 3.22. The topological polar surface area (TPSA) is 62.0 Å². The summed E-state index contributed by atoms with van der Waals surface area (Å²) in [5.74, 6) is 0. The Morgan fingerprint density at radius 2 is 1.90 bits per heavy atom. The molecule has 0 amide bonds. The fourth-order valence-corrected chi connectivity index (χ4v) is 3.59. The number of benzene rings is 2. The highest BCUT2D eigenvalue weighted by Gasteiger charge is 2.16. The van der Waals surface area contributed by atoms with E-state index in [9.17, 15) is 8.42 Å². The molecule has 0 bridgehead atoms. The van der Waals surface area contributed by atoms with Gasteiger partial charge in [-0.05, 0) is 36.8 Å². The molecular formula is C15H13ClN2O2S. The van der Waals surface area contributed by atoms with Crippen LogP contribution in [-0.2, 0) is 10.0 Å². The van der Waals surface area contributed by atoms with Crippen LogP contribution in [0.15, 0.2) is 53.6 Å². The van der Waals surface area contributed by atoms with Gasteiger partial charge in [-0.3, -0.25) is 4.72 Å². The molecule has 6 heteroatoms. The Balaban J connectivity index is 2.05. The standard InChI is InChI=1S/C15H13ClN2O2S/c1-10-9-17-15-13(10)6-3-7-14(15)18-21(19,20)12-5-2-4-11(16)8-12/h2-9,17-18H,1H3. The highest BCUT2D eigenvalue weighted by atomic mass is 35.5. The van der Waals surface area contributed by atoms with Crippen LogP contribution in [0, 0.1) is 6.92 Å². The van der Waals surface area contributed by atoms with Gasteiger partial charge >= 0.3 is 0 Å². The number of rotatable bonds is 3. The second kappa shape index (κ2) is 5.09. The fourth-order valence-electron chi connectivity index (χ4n) is 2.22. The van der Waals surface area contributed by atoms with E-state index in [1.54, 1.807) is 18.2 Å². The number of para-hydroxylation sites is 1. The molecule has 0 aliphatic heterocycles. The van der Waals surface area contributed by atoms with Crippen LogP contribution in [0.5, 0.6) is 0 Å². The minimum atomic E-state index is -3.67. The third kappa shape index (κ3) is 2.62. The summed E-state index contributed by atoms with van der Waals surface area (Å²) in [5, 5.41) is 1.37. The highest BCUT2D eigenvalue weighted by molar-refractivity contribution is 7.92. The molecule has 3 aromatic rings. The number of sulfonamides is 1. The van der Waals surface area contributed by atoms with Crippen molar-refractivity contribution in [2.75, 3.05) is 4.72 Å². The van der Waals surface area contributed by atoms with Crippen LogP contribution < -0.4 is 4.72 Å². The van der Waals surface area contributed by atoms with Gasteiger partial charge in [0.05, 0.1) is 16.1 Å². The molecule has 1 heterocycles. The molecule has 2 aromatic carbocycles. The number of aromatic nitrogens is 1. The zero-order chi connectivity index (χ0) is 15.0. The molecule has 2 N–H and O–H groups in total. The van der Waals surface area contributed by atoms with E-state index in [4.69, 9.17) is 11.6 Å². The molecule has 0 aliphatic carbocycles. The fraction of sp³-hybridized carbons (Fsp3) is 0.0667. The number of H-pyrrole nitrogens is 1. The van der Waals surface area contributed by atoms with E-state index < -0.39 is 10.0 Å². The van der Waals surface area contributed by atoms with Crippen molar-refractivity contribution in [2.45, 2.75) is 11.8 Å². The predicted molar refractivity (Wildman–Crippen MR) is 85.3 cm³/mol. The minimum Gasteiger partial charge on any atom is -0.359 e. The number of nitrogens with one attached hydrogen (secondary N) is 2. The lowest BCUT2D eigenvalue weighted by atomic mass is 10.2. The molecular weight excluding hydrogens is 308 g/mol. The van der Waals surface area contributed by atoms with E-state index >= 15 is 0 Å². The van der Waals surface area contributed by atoms with E-state index in [1.165, 1.54) is 12.1 Å². The van der Waals surface area contributed by atoms with Gasteiger partial charge in [-0.1, -0.05) is 29.8 Å². The molecule has 0 unspecified atom stereocenters. The van der Waals surface area contributed by atoms with E-state index in [0.29, 0.717) is 10.7 Å². The largest absolute Gasteiger partial charge is 0.359 e. The summed E-state index contributed by atoms with van der Waals surface area (Å²) in [7, 11) is -3.67. The minimum absolute atomic E-state index is 0.135. The van der Waals surface area contributed by atoms with E-state index in [0.717, 1.165) is 16.5 Å². The Morgan fingerprint density at radius 3 is 2.67 bits per heavy atom. The van der Waals surface area contributed by atoms with Gasteiger partial charge in [0.25, 0.3) is 10.0 Å². The zero-order valence-corrected chi connectivity index (χ0v) is 12.8. The molecule has 21 heavy (non-hydrogen) atoms. The summed E-state index contributed by atoms with van der Waals surface area (Å²) in [5.41, 5.74) is 2.34. The van der Waals surface area contributed by atoms with E-state index in [1.807, 2.05) is 25.3 Å². The molecule has 0 aliphatic rings. The molecule has 1 aromatic heterocycles. The van der Waals surface area contributed by atoms with Crippen molar-refractivity contribution in [1.29, 1.82) is 0 Å². The van der Waals surface area contributed by atoms with Crippen molar-refractivity contribution in [3.05, 3.63) is 59.2 Å². The molecule has 0 atom stereocenters. The summed E-state index contributed by atoms with van der Waals surface area (Å²) >= 11 is 5.85. The number of hydrogen-bond acceptors (Lipinski definition) is 2. The second-order valence-corrected chi connectivity index (χ2v) is 6.88. The summed E-state index contributed by atoms with van der Waals surface area (Å²) < 4.78 is 27.4. The molecule has 4 nitrogen and oxygen atoms in total. The van der Waals surface area contributed by atoms with Gasteiger partial charge in [0, 0.05) is 16.6 Å². The van der Waals surface area contributed by atoms with Crippen LogP contribution in [0.25, 0.3) is 10.9 Å². The number of aryl methyl sites for hydroxylation is 1. The number of anilines is 1. The third-order valence-corrected chi connectivity index (χ3v) is 4.87. The van der Waals surface area contributed by atoms with Gasteiger partial charge in [0.15, 0.2) is 0 Å². The Hall–Kier alpha value is -1.98. The van der Waals surface area contributed by atoms with Crippen molar-refractivity contribution in [2.24, 2.45) is 0 Å². The SMILES string of the molecule is Cc1c[nH]c2c(NS(=O)(=O)c3cccc(Cl)c3)cccc12. The van der Waals surface area contributed by atoms with Gasteiger partial charge in [0.1, 0.15) is 0 Å². The first-order valence-electron chi connectivity index (χ1n) is 6.32. The summed E-state index contributed by atoms with van der Waals surface area (Å²) in [6.07, 6.45) is 1.85. The number of hydrogen-bond donors (Lipinski definition) is 2. The Kier molecular flexibility index (Phi) is 3.39. The third-order valence-electron chi connectivity index (χ3n) is 3.27. The first kappa shape index (κ1) is 14.0. The first-order valence-corrected chi connectivity index (χ1v) is 8.18. The maximum Gasteiger partial charge on any atom is 0.262 e. The molecule has 3 rings (SSSR count). The molecule has 0 spiro atoms. The molecule has 0 fully saturated rings. The van der Waals surface area contributed by atoms with Crippen LogP contribution in [-0.4, -0.2) is 13.4 Å². The van der Waals surface area contributed by atoms with Crippen LogP contribution in [0.4, 0.5) is 5.69 Å². The lowest BCUT2D eigenvalue weighted by Crippen LogP contribution is -2.13. The lowest BCUT2D eigenvalue weighted by Gasteiger charge is -2.09. The van der Waals surface area contributed by atoms with Crippen molar-refractivity contribution in [1.82, 2.24) is 4.98 Å². The Bertz CT molecular complexity index is 916. The van der Waals surface area contributed by atoms with Crippen LogP contribution in [0.3, 0.4) is 0 Å². The van der Waals surface area contributed by atoms with Gasteiger partial charge in [0.2, 0.25) is 0 Å². The average Bonchev–Trinajstić information content (AvgIpc) is 2.82. The number of halogens is 1. The van der Waals surface area contributed by atoms with Gasteiger partial charge in [-0.15, -0.1) is 0 Å². The summed E-state index contributed by atoms with van der Waals surface area (Å²) in [6, 6.07) is 11.7. The van der Waals surface area contributed by atoms with Crippen molar-refractivity contribution in [3.8, 4) is 0 Å². The number of fused-ring (bicyclic) bond motifs is 1.